The number of rotatable bonds is 5. The molecule has 6 heteroatoms. The van der Waals surface area contributed by atoms with E-state index in [1.807, 2.05) is 13.2 Å². The summed E-state index contributed by atoms with van der Waals surface area (Å²) in [5.41, 5.74) is 0. The summed E-state index contributed by atoms with van der Waals surface area (Å²) in [6, 6.07) is 0.0757. The predicted octanol–water partition coefficient (Wildman–Crippen LogP) is 1.63. The zero-order valence-corrected chi connectivity index (χ0v) is 12.0. The van der Waals surface area contributed by atoms with Gasteiger partial charge in [-0.2, -0.15) is 11.8 Å². The third-order valence-electron chi connectivity index (χ3n) is 3.50. The van der Waals surface area contributed by atoms with Crippen LogP contribution in [0.1, 0.15) is 26.2 Å². The van der Waals surface area contributed by atoms with E-state index in [4.69, 9.17) is 5.11 Å². The van der Waals surface area contributed by atoms with Crippen LogP contribution in [0.4, 0.5) is 4.79 Å². The summed E-state index contributed by atoms with van der Waals surface area (Å²) in [7, 11) is 1.78. The molecule has 18 heavy (non-hydrogen) atoms. The minimum atomic E-state index is -0.754. The lowest BCUT2D eigenvalue weighted by molar-refractivity contribution is -0.141. The number of aliphatic carboxylic acids is 1. The van der Waals surface area contributed by atoms with Gasteiger partial charge in [0.05, 0.1) is 5.92 Å². The number of hydrogen-bond acceptors (Lipinski definition) is 3. The van der Waals surface area contributed by atoms with Gasteiger partial charge in [-0.15, -0.1) is 0 Å². The van der Waals surface area contributed by atoms with Crippen molar-refractivity contribution in [3.63, 3.8) is 0 Å². The summed E-state index contributed by atoms with van der Waals surface area (Å²) in [6.45, 7) is 2.00. The molecule has 2 amide bonds. The molecule has 0 aromatic carbocycles. The van der Waals surface area contributed by atoms with Crippen molar-refractivity contribution >= 4 is 23.8 Å². The third-order valence-corrected chi connectivity index (χ3v) is 4.31. The molecule has 0 spiro atoms. The van der Waals surface area contributed by atoms with Crippen LogP contribution in [0.3, 0.4) is 0 Å². The molecule has 2 N–H and O–H groups in total. The minimum Gasteiger partial charge on any atom is -0.481 e. The molecule has 1 aliphatic rings. The van der Waals surface area contributed by atoms with Gasteiger partial charge in [-0.05, 0) is 32.4 Å². The fourth-order valence-electron chi connectivity index (χ4n) is 2.17. The van der Waals surface area contributed by atoms with E-state index in [0.29, 0.717) is 12.8 Å². The first-order valence-electron chi connectivity index (χ1n) is 6.20. The van der Waals surface area contributed by atoms with Crippen LogP contribution in [0.15, 0.2) is 0 Å². The number of amides is 2. The molecule has 5 nitrogen and oxygen atoms in total. The highest BCUT2D eigenvalue weighted by Gasteiger charge is 2.31. The van der Waals surface area contributed by atoms with Gasteiger partial charge in [0.2, 0.25) is 0 Å². The van der Waals surface area contributed by atoms with E-state index in [1.54, 1.807) is 23.7 Å². The quantitative estimate of drug-likeness (QED) is 0.799. The maximum atomic E-state index is 11.9. The first kappa shape index (κ1) is 15.1. The van der Waals surface area contributed by atoms with Crippen LogP contribution in [0.25, 0.3) is 0 Å². The normalized spacial score (nSPS) is 24.6. The number of thioether (sulfide) groups is 1. The second-order valence-electron chi connectivity index (χ2n) is 4.91. The molecular weight excluding hydrogens is 252 g/mol. The van der Waals surface area contributed by atoms with Crippen molar-refractivity contribution in [2.75, 3.05) is 19.1 Å². The van der Waals surface area contributed by atoms with Crippen LogP contribution >= 0.6 is 11.8 Å². The lowest BCUT2D eigenvalue weighted by Gasteiger charge is -2.26. The van der Waals surface area contributed by atoms with Gasteiger partial charge in [0, 0.05) is 24.9 Å². The maximum Gasteiger partial charge on any atom is 0.317 e. The van der Waals surface area contributed by atoms with Crippen LogP contribution < -0.4 is 5.32 Å². The molecular formula is C12H22N2O3S. The monoisotopic (exact) mass is 274 g/mol. The predicted molar refractivity (Wildman–Crippen MR) is 72.9 cm³/mol. The summed E-state index contributed by atoms with van der Waals surface area (Å²) in [5, 5.41) is 11.8. The minimum absolute atomic E-state index is 0.00234. The summed E-state index contributed by atoms with van der Waals surface area (Å²) < 4.78 is 0. The van der Waals surface area contributed by atoms with Gasteiger partial charge >= 0.3 is 12.0 Å². The van der Waals surface area contributed by atoms with Crippen LogP contribution in [-0.2, 0) is 4.79 Å². The Balaban J connectivity index is 2.39. The Hall–Kier alpha value is -0.910. The van der Waals surface area contributed by atoms with E-state index in [9.17, 15) is 9.59 Å². The second kappa shape index (κ2) is 6.87. The fourth-order valence-corrected chi connectivity index (χ4v) is 2.87. The first-order chi connectivity index (χ1) is 8.45. The Labute approximate surface area is 112 Å². The topological polar surface area (TPSA) is 69.6 Å². The van der Waals surface area contributed by atoms with E-state index >= 15 is 0 Å². The first-order valence-corrected chi connectivity index (χ1v) is 7.60. The van der Waals surface area contributed by atoms with E-state index in [-0.39, 0.29) is 24.0 Å². The van der Waals surface area contributed by atoms with Crippen molar-refractivity contribution in [1.82, 2.24) is 10.2 Å². The molecule has 0 aromatic rings. The number of carboxylic acid groups (broad SMARTS) is 1. The van der Waals surface area contributed by atoms with E-state index < -0.39 is 5.97 Å². The standard InChI is InChI=1S/C12H22N2O3S/c1-8(7-18-3)14(2)12(17)13-10-5-4-9(6-10)11(15)16/h8-10H,4-7H2,1-3H3,(H,13,17)(H,15,16). The summed E-state index contributed by atoms with van der Waals surface area (Å²) in [5.74, 6) is -0.160. The second-order valence-corrected chi connectivity index (χ2v) is 5.82. The van der Waals surface area contributed by atoms with Gasteiger partial charge in [-0.3, -0.25) is 4.79 Å². The number of carboxylic acids is 1. The molecule has 0 radical (unpaired) electrons. The Kier molecular flexibility index (Phi) is 5.78. The highest BCUT2D eigenvalue weighted by molar-refractivity contribution is 7.98. The Morgan fingerprint density at radius 1 is 1.50 bits per heavy atom. The molecule has 0 saturated heterocycles. The molecule has 0 aliphatic heterocycles. The van der Waals surface area contributed by atoms with Gasteiger partial charge in [-0.1, -0.05) is 0 Å². The molecule has 0 aromatic heterocycles. The van der Waals surface area contributed by atoms with Crippen molar-refractivity contribution < 1.29 is 14.7 Å². The molecule has 3 unspecified atom stereocenters. The van der Waals surface area contributed by atoms with Gasteiger partial charge in [0.15, 0.2) is 0 Å². The Bertz CT molecular complexity index is 312. The lowest BCUT2D eigenvalue weighted by atomic mass is 10.1. The molecule has 1 rings (SSSR count). The summed E-state index contributed by atoms with van der Waals surface area (Å²) in [4.78, 5) is 24.5. The summed E-state index contributed by atoms with van der Waals surface area (Å²) >= 11 is 1.70. The van der Waals surface area contributed by atoms with Crippen molar-refractivity contribution in [3.05, 3.63) is 0 Å². The number of nitrogens with one attached hydrogen (secondary N) is 1. The van der Waals surface area contributed by atoms with Gasteiger partial charge in [-0.25, -0.2) is 4.79 Å². The molecule has 1 fully saturated rings. The average Bonchev–Trinajstić information content (AvgIpc) is 2.77. The summed E-state index contributed by atoms with van der Waals surface area (Å²) in [6.07, 6.45) is 3.97. The van der Waals surface area contributed by atoms with Crippen LogP contribution in [0.2, 0.25) is 0 Å². The van der Waals surface area contributed by atoms with Crippen molar-refractivity contribution in [3.8, 4) is 0 Å². The number of carbonyl (C=O) groups is 2. The average molecular weight is 274 g/mol. The number of carbonyl (C=O) groups excluding carboxylic acids is 1. The van der Waals surface area contributed by atoms with E-state index in [2.05, 4.69) is 5.32 Å². The molecule has 1 saturated carbocycles. The molecule has 1 aliphatic carbocycles. The van der Waals surface area contributed by atoms with E-state index in [1.165, 1.54) is 0 Å². The molecule has 0 bridgehead atoms. The largest absolute Gasteiger partial charge is 0.481 e. The third kappa shape index (κ3) is 4.08. The highest BCUT2D eigenvalue weighted by atomic mass is 32.2. The zero-order chi connectivity index (χ0) is 13.7. The number of nitrogens with zero attached hydrogens (tertiary/aromatic N) is 1. The maximum absolute atomic E-state index is 11.9. The van der Waals surface area contributed by atoms with Crippen molar-refractivity contribution in [2.24, 2.45) is 5.92 Å². The van der Waals surface area contributed by atoms with Crippen LogP contribution in [-0.4, -0.2) is 53.1 Å². The molecule has 0 heterocycles. The SMILES string of the molecule is CSCC(C)N(C)C(=O)NC1CCC(C(=O)O)C1. The molecule has 104 valence electrons. The van der Waals surface area contributed by atoms with E-state index in [0.717, 1.165) is 12.2 Å². The highest BCUT2D eigenvalue weighted by Crippen LogP contribution is 2.25. The van der Waals surface area contributed by atoms with Crippen LogP contribution in [0, 0.1) is 5.92 Å². The van der Waals surface area contributed by atoms with Gasteiger partial charge in [0.25, 0.3) is 0 Å². The Morgan fingerprint density at radius 3 is 2.67 bits per heavy atom. The fraction of sp³-hybridized carbons (Fsp3) is 0.833. The molecule has 3 atom stereocenters. The number of hydrogen-bond donors (Lipinski definition) is 2. The van der Waals surface area contributed by atoms with Crippen molar-refractivity contribution in [1.29, 1.82) is 0 Å². The zero-order valence-electron chi connectivity index (χ0n) is 11.2. The number of urea groups is 1. The lowest BCUT2D eigenvalue weighted by Crippen LogP contribution is -2.46. The van der Waals surface area contributed by atoms with Gasteiger partial charge in [0.1, 0.15) is 0 Å². The van der Waals surface area contributed by atoms with Crippen molar-refractivity contribution in [2.45, 2.75) is 38.3 Å². The van der Waals surface area contributed by atoms with Crippen LogP contribution in [0.5, 0.6) is 0 Å². The van der Waals surface area contributed by atoms with Gasteiger partial charge < -0.3 is 15.3 Å². The Morgan fingerprint density at radius 2 is 2.17 bits per heavy atom. The smallest absolute Gasteiger partial charge is 0.317 e.